The smallest absolute Gasteiger partial charge is 0.141 e. The third-order valence-electron chi connectivity index (χ3n) is 2.58. The molecule has 1 heterocycles. The maximum atomic E-state index is 12.8. The minimum absolute atomic E-state index is 0.353. The lowest BCUT2D eigenvalue weighted by atomic mass is 10.2. The van der Waals surface area contributed by atoms with Gasteiger partial charge in [-0.15, -0.1) is 0 Å². The number of aromatic nitrogens is 1. The zero-order chi connectivity index (χ0) is 13.1. The van der Waals surface area contributed by atoms with Crippen LogP contribution in [0.2, 0.25) is 5.02 Å². The fourth-order valence-corrected chi connectivity index (χ4v) is 1.82. The van der Waals surface area contributed by atoms with E-state index in [0.29, 0.717) is 23.1 Å². The number of nitrogen functional groups attached to an aromatic ring is 1. The van der Waals surface area contributed by atoms with Crippen molar-refractivity contribution in [2.75, 3.05) is 17.7 Å². The maximum Gasteiger partial charge on any atom is 0.141 e. The molecular formula is C13H13ClFN3. The molecule has 18 heavy (non-hydrogen) atoms. The van der Waals surface area contributed by atoms with Gasteiger partial charge in [-0.2, -0.15) is 0 Å². The van der Waals surface area contributed by atoms with Gasteiger partial charge in [0.05, 0.1) is 6.20 Å². The summed E-state index contributed by atoms with van der Waals surface area (Å²) in [7, 11) is 1.86. The molecule has 0 fully saturated rings. The summed E-state index contributed by atoms with van der Waals surface area (Å²) in [5.41, 5.74) is 7.29. The summed E-state index contributed by atoms with van der Waals surface area (Å²) >= 11 is 6.09. The van der Waals surface area contributed by atoms with Crippen molar-refractivity contribution in [3.05, 3.63) is 52.9 Å². The Hall–Kier alpha value is -1.81. The fourth-order valence-electron chi connectivity index (χ4n) is 1.65. The van der Waals surface area contributed by atoms with Crippen molar-refractivity contribution >= 4 is 23.1 Å². The lowest BCUT2D eigenvalue weighted by Gasteiger charge is -2.19. The zero-order valence-corrected chi connectivity index (χ0v) is 10.7. The van der Waals surface area contributed by atoms with Gasteiger partial charge in [-0.05, 0) is 35.9 Å². The largest absolute Gasteiger partial charge is 0.399 e. The van der Waals surface area contributed by atoms with Gasteiger partial charge in [-0.25, -0.2) is 9.37 Å². The molecular weight excluding hydrogens is 253 g/mol. The monoisotopic (exact) mass is 265 g/mol. The summed E-state index contributed by atoms with van der Waals surface area (Å²) in [6.45, 7) is 0.558. The summed E-state index contributed by atoms with van der Waals surface area (Å²) in [4.78, 5) is 5.88. The number of pyridine rings is 1. The van der Waals surface area contributed by atoms with Gasteiger partial charge in [0.2, 0.25) is 0 Å². The third kappa shape index (κ3) is 2.90. The number of halogens is 2. The Morgan fingerprint density at radius 1 is 1.33 bits per heavy atom. The van der Waals surface area contributed by atoms with Gasteiger partial charge in [-0.1, -0.05) is 11.6 Å². The molecule has 2 aromatic rings. The molecule has 0 amide bonds. The Labute approximate surface area is 110 Å². The summed E-state index contributed by atoms with van der Waals surface area (Å²) in [5, 5.41) is 0.651. The van der Waals surface area contributed by atoms with E-state index in [-0.39, 0.29) is 5.82 Å². The Bertz CT molecular complexity index is 542. The van der Waals surface area contributed by atoms with Crippen molar-refractivity contribution in [3.8, 4) is 0 Å². The Morgan fingerprint density at radius 2 is 2.11 bits per heavy atom. The van der Waals surface area contributed by atoms with E-state index in [1.165, 1.54) is 12.3 Å². The average Bonchev–Trinajstić information content (AvgIpc) is 2.34. The molecule has 1 aromatic heterocycles. The van der Waals surface area contributed by atoms with E-state index < -0.39 is 0 Å². The van der Waals surface area contributed by atoms with Crippen LogP contribution in [0.15, 0.2) is 36.5 Å². The number of benzene rings is 1. The quantitative estimate of drug-likeness (QED) is 0.867. The molecule has 5 heteroatoms. The lowest BCUT2D eigenvalue weighted by molar-refractivity contribution is 0.621. The van der Waals surface area contributed by atoms with Crippen LogP contribution >= 0.6 is 11.6 Å². The second kappa shape index (κ2) is 5.23. The fraction of sp³-hybridized carbons (Fsp3) is 0.154. The number of hydrogen-bond donors (Lipinski definition) is 1. The SMILES string of the molecule is CN(Cc1cc(N)ccc1Cl)c1ccc(F)cn1. The molecule has 0 spiro atoms. The van der Waals surface area contributed by atoms with Crippen LogP contribution in [-0.4, -0.2) is 12.0 Å². The number of nitrogens with zero attached hydrogens (tertiary/aromatic N) is 2. The molecule has 0 atom stereocenters. The Balaban J connectivity index is 2.18. The number of rotatable bonds is 3. The van der Waals surface area contributed by atoms with Crippen molar-refractivity contribution in [2.45, 2.75) is 6.54 Å². The summed E-state index contributed by atoms with van der Waals surface area (Å²) in [6.07, 6.45) is 1.19. The van der Waals surface area contributed by atoms with Gasteiger partial charge in [0.15, 0.2) is 0 Å². The Kier molecular flexibility index (Phi) is 3.67. The second-order valence-corrected chi connectivity index (χ2v) is 4.45. The van der Waals surface area contributed by atoms with Crippen LogP contribution in [0.5, 0.6) is 0 Å². The first kappa shape index (κ1) is 12.6. The van der Waals surface area contributed by atoms with Crippen LogP contribution in [0, 0.1) is 5.82 Å². The molecule has 0 saturated heterocycles. The molecule has 3 nitrogen and oxygen atoms in total. The average molecular weight is 266 g/mol. The van der Waals surface area contributed by atoms with Crippen LogP contribution in [0.1, 0.15) is 5.56 Å². The molecule has 0 aliphatic rings. The van der Waals surface area contributed by atoms with Crippen LogP contribution in [0.3, 0.4) is 0 Å². The van der Waals surface area contributed by atoms with Crippen molar-refractivity contribution < 1.29 is 4.39 Å². The van der Waals surface area contributed by atoms with Gasteiger partial charge in [0, 0.05) is 24.3 Å². The molecule has 0 aliphatic heterocycles. The molecule has 2 rings (SSSR count). The highest BCUT2D eigenvalue weighted by atomic mass is 35.5. The van der Waals surface area contributed by atoms with Gasteiger partial charge in [-0.3, -0.25) is 0 Å². The first-order valence-corrected chi connectivity index (χ1v) is 5.80. The predicted octanol–water partition coefficient (Wildman–Crippen LogP) is 3.09. The molecule has 94 valence electrons. The summed E-state index contributed by atoms with van der Waals surface area (Å²) < 4.78 is 12.8. The van der Waals surface area contributed by atoms with Crippen molar-refractivity contribution in [2.24, 2.45) is 0 Å². The number of anilines is 2. The molecule has 0 bridgehead atoms. The molecule has 0 radical (unpaired) electrons. The van der Waals surface area contributed by atoms with Crippen molar-refractivity contribution in [1.29, 1.82) is 0 Å². The minimum Gasteiger partial charge on any atom is -0.399 e. The van der Waals surface area contributed by atoms with Crippen LogP contribution in [0.4, 0.5) is 15.9 Å². The van der Waals surface area contributed by atoms with Crippen LogP contribution < -0.4 is 10.6 Å². The molecule has 0 aliphatic carbocycles. The maximum absolute atomic E-state index is 12.8. The number of nitrogens with two attached hydrogens (primary N) is 1. The van der Waals surface area contributed by atoms with Crippen LogP contribution in [0.25, 0.3) is 0 Å². The molecule has 1 aromatic carbocycles. The molecule has 0 saturated carbocycles. The Morgan fingerprint density at radius 3 is 2.78 bits per heavy atom. The minimum atomic E-state index is -0.353. The highest BCUT2D eigenvalue weighted by Crippen LogP contribution is 2.22. The van der Waals surface area contributed by atoms with Gasteiger partial charge in [0.25, 0.3) is 0 Å². The van der Waals surface area contributed by atoms with Crippen molar-refractivity contribution in [3.63, 3.8) is 0 Å². The summed E-state index contributed by atoms with van der Waals surface area (Å²) in [5.74, 6) is 0.323. The topological polar surface area (TPSA) is 42.1 Å². The normalized spacial score (nSPS) is 10.4. The molecule has 2 N–H and O–H groups in total. The first-order chi connectivity index (χ1) is 8.56. The standard InChI is InChI=1S/C13H13ClFN3/c1-18(13-5-2-10(15)7-17-13)8-9-6-11(16)3-4-12(9)14/h2-7H,8,16H2,1H3. The highest BCUT2D eigenvalue weighted by molar-refractivity contribution is 6.31. The van der Waals surface area contributed by atoms with Gasteiger partial charge in [0.1, 0.15) is 11.6 Å². The van der Waals surface area contributed by atoms with E-state index in [2.05, 4.69) is 4.98 Å². The van der Waals surface area contributed by atoms with E-state index in [9.17, 15) is 4.39 Å². The molecule has 0 unspecified atom stereocenters. The van der Waals surface area contributed by atoms with E-state index in [0.717, 1.165) is 5.56 Å². The number of hydrogen-bond acceptors (Lipinski definition) is 3. The lowest BCUT2D eigenvalue weighted by Crippen LogP contribution is -2.18. The van der Waals surface area contributed by atoms with Crippen molar-refractivity contribution in [1.82, 2.24) is 4.98 Å². The third-order valence-corrected chi connectivity index (χ3v) is 2.95. The van der Waals surface area contributed by atoms with Gasteiger partial charge >= 0.3 is 0 Å². The summed E-state index contributed by atoms with van der Waals surface area (Å²) in [6, 6.07) is 8.33. The zero-order valence-electron chi connectivity index (χ0n) is 9.90. The first-order valence-electron chi connectivity index (χ1n) is 5.43. The predicted molar refractivity (Wildman–Crippen MR) is 72.2 cm³/mol. The van der Waals surface area contributed by atoms with E-state index in [4.69, 9.17) is 17.3 Å². The van der Waals surface area contributed by atoms with E-state index in [1.807, 2.05) is 18.0 Å². The van der Waals surface area contributed by atoms with E-state index >= 15 is 0 Å². The van der Waals surface area contributed by atoms with E-state index in [1.54, 1.807) is 18.2 Å². The second-order valence-electron chi connectivity index (χ2n) is 4.04. The van der Waals surface area contributed by atoms with Gasteiger partial charge < -0.3 is 10.6 Å². The highest BCUT2D eigenvalue weighted by Gasteiger charge is 2.07. The van der Waals surface area contributed by atoms with Crippen LogP contribution in [-0.2, 0) is 6.54 Å².